The Bertz CT molecular complexity index is 1250. The van der Waals surface area contributed by atoms with E-state index in [0.29, 0.717) is 29.2 Å². The molecule has 2 atom stereocenters. The van der Waals surface area contributed by atoms with Crippen molar-refractivity contribution in [3.8, 4) is 5.75 Å². The van der Waals surface area contributed by atoms with E-state index in [-0.39, 0.29) is 40.9 Å². The lowest BCUT2D eigenvalue weighted by molar-refractivity contribution is 0.0894. The molecule has 174 valence electrons. The van der Waals surface area contributed by atoms with Gasteiger partial charge in [0.25, 0.3) is 11.8 Å². The number of nitrogens with two attached hydrogens (primary N) is 1. The Labute approximate surface area is 199 Å². The zero-order chi connectivity index (χ0) is 24.2. The van der Waals surface area contributed by atoms with Crippen molar-refractivity contribution in [3.05, 3.63) is 82.1 Å². The number of aromatic nitrogens is 2. The first-order valence-corrected chi connectivity index (χ1v) is 10.7. The molecule has 4 rings (SSSR count). The van der Waals surface area contributed by atoms with Crippen molar-refractivity contribution < 1.29 is 19.5 Å². The van der Waals surface area contributed by atoms with Gasteiger partial charge < -0.3 is 26.8 Å². The summed E-state index contributed by atoms with van der Waals surface area (Å²) in [5.41, 5.74) is 6.37. The van der Waals surface area contributed by atoms with Crippen LogP contribution in [0.1, 0.15) is 36.8 Å². The Morgan fingerprint density at radius 2 is 1.62 bits per heavy atom. The highest BCUT2D eigenvalue weighted by atomic mass is 35.5. The van der Waals surface area contributed by atoms with Gasteiger partial charge in [-0.15, -0.1) is 0 Å². The molecule has 1 saturated heterocycles. The predicted molar refractivity (Wildman–Crippen MR) is 125 cm³/mol. The standard InChI is InChI=1S/C23H21ClN6O4/c24-14-5-6-19(31)15(9-14)20(32)12-1-3-13(4-2-12)21(33)28-17-10-26-11-18(17)29-22(34)16-7-8-27-23(25)30-16/h1-9,17-18,26,31H,10-11H2,(H,28,33)(H,29,34)(H2,25,27,30)/t17?,18-/m1/s1. The molecule has 0 spiro atoms. The molecule has 1 aliphatic rings. The van der Waals surface area contributed by atoms with Crippen LogP contribution in [-0.2, 0) is 0 Å². The molecule has 11 heteroatoms. The minimum Gasteiger partial charge on any atom is -0.507 e. The third kappa shape index (κ3) is 5.13. The number of hydrogen-bond donors (Lipinski definition) is 5. The number of nitrogens with zero attached hydrogens (tertiary/aromatic N) is 2. The number of nitrogen functional groups attached to an aromatic ring is 1. The Morgan fingerprint density at radius 3 is 2.29 bits per heavy atom. The average molecular weight is 481 g/mol. The first kappa shape index (κ1) is 23.1. The summed E-state index contributed by atoms with van der Waals surface area (Å²) in [6.45, 7) is 0.932. The summed E-state index contributed by atoms with van der Waals surface area (Å²) in [7, 11) is 0. The summed E-state index contributed by atoms with van der Waals surface area (Å²) >= 11 is 5.92. The van der Waals surface area contributed by atoms with Crippen LogP contribution in [0, 0.1) is 0 Å². The highest BCUT2D eigenvalue weighted by molar-refractivity contribution is 6.31. The second-order valence-electron chi connectivity index (χ2n) is 7.69. The van der Waals surface area contributed by atoms with Crippen LogP contribution in [0.5, 0.6) is 5.75 Å². The molecule has 3 aromatic rings. The number of amides is 2. The molecular weight excluding hydrogens is 460 g/mol. The van der Waals surface area contributed by atoms with Crippen LogP contribution >= 0.6 is 11.6 Å². The molecule has 0 aliphatic carbocycles. The molecule has 0 bridgehead atoms. The lowest BCUT2D eigenvalue weighted by atomic mass is 10.0. The summed E-state index contributed by atoms with van der Waals surface area (Å²) in [5, 5.41) is 19.1. The normalized spacial score (nSPS) is 17.2. The summed E-state index contributed by atoms with van der Waals surface area (Å²) in [5.74, 6) is -1.38. The Balaban J connectivity index is 1.40. The van der Waals surface area contributed by atoms with Crippen LogP contribution in [0.25, 0.3) is 0 Å². The molecule has 6 N–H and O–H groups in total. The molecule has 10 nitrogen and oxygen atoms in total. The van der Waals surface area contributed by atoms with Crippen LogP contribution < -0.4 is 21.7 Å². The summed E-state index contributed by atoms with van der Waals surface area (Å²) in [6.07, 6.45) is 1.39. The predicted octanol–water partition coefficient (Wildman–Crippen LogP) is 1.15. The average Bonchev–Trinajstić information content (AvgIpc) is 3.26. The Morgan fingerprint density at radius 1 is 0.971 bits per heavy atom. The van der Waals surface area contributed by atoms with Crippen molar-refractivity contribution in [1.82, 2.24) is 25.9 Å². The molecule has 34 heavy (non-hydrogen) atoms. The lowest BCUT2D eigenvalue weighted by Crippen LogP contribution is -2.51. The lowest BCUT2D eigenvalue weighted by Gasteiger charge is -2.21. The van der Waals surface area contributed by atoms with Gasteiger partial charge >= 0.3 is 0 Å². The van der Waals surface area contributed by atoms with Crippen molar-refractivity contribution in [2.45, 2.75) is 12.1 Å². The smallest absolute Gasteiger partial charge is 0.270 e. The van der Waals surface area contributed by atoms with Gasteiger partial charge in [0.05, 0.1) is 17.6 Å². The molecule has 0 saturated carbocycles. The number of hydrogen-bond acceptors (Lipinski definition) is 8. The minimum atomic E-state index is -0.422. The second kappa shape index (κ2) is 9.86. The van der Waals surface area contributed by atoms with E-state index in [4.69, 9.17) is 17.3 Å². The van der Waals surface area contributed by atoms with E-state index in [1.165, 1.54) is 54.7 Å². The van der Waals surface area contributed by atoms with Gasteiger partial charge in [-0.3, -0.25) is 14.4 Å². The zero-order valence-electron chi connectivity index (χ0n) is 17.8. The molecule has 1 aliphatic heterocycles. The quantitative estimate of drug-likeness (QED) is 0.328. The number of rotatable bonds is 6. The third-order valence-electron chi connectivity index (χ3n) is 5.37. The summed E-state index contributed by atoms with van der Waals surface area (Å²) in [4.78, 5) is 45.6. The minimum absolute atomic E-state index is 0.00504. The molecule has 1 unspecified atom stereocenters. The van der Waals surface area contributed by atoms with Crippen molar-refractivity contribution >= 4 is 35.1 Å². The fourth-order valence-electron chi connectivity index (χ4n) is 3.59. The van der Waals surface area contributed by atoms with Crippen LogP contribution in [0.2, 0.25) is 5.02 Å². The molecule has 2 amide bonds. The van der Waals surface area contributed by atoms with Gasteiger partial charge in [-0.1, -0.05) is 23.7 Å². The van der Waals surface area contributed by atoms with Gasteiger partial charge in [0.2, 0.25) is 5.95 Å². The molecule has 2 aromatic carbocycles. The van der Waals surface area contributed by atoms with Gasteiger partial charge in [-0.25, -0.2) is 9.97 Å². The summed E-state index contributed by atoms with van der Waals surface area (Å²) in [6, 6.07) is 11.0. The van der Waals surface area contributed by atoms with Crippen molar-refractivity contribution in [1.29, 1.82) is 0 Å². The number of anilines is 1. The molecular formula is C23H21ClN6O4. The largest absolute Gasteiger partial charge is 0.507 e. The number of halogens is 1. The van der Waals surface area contributed by atoms with E-state index >= 15 is 0 Å². The maximum absolute atomic E-state index is 12.8. The Hall–Kier alpha value is -4.02. The molecule has 1 fully saturated rings. The maximum Gasteiger partial charge on any atom is 0.270 e. The van der Waals surface area contributed by atoms with Gasteiger partial charge in [0.1, 0.15) is 11.4 Å². The molecule has 1 aromatic heterocycles. The van der Waals surface area contributed by atoms with E-state index in [2.05, 4.69) is 25.9 Å². The third-order valence-corrected chi connectivity index (χ3v) is 5.60. The highest BCUT2D eigenvalue weighted by Gasteiger charge is 2.30. The number of phenolic OH excluding ortho intramolecular Hbond substituents is 1. The van der Waals surface area contributed by atoms with Crippen LogP contribution in [0.3, 0.4) is 0 Å². The number of benzene rings is 2. The van der Waals surface area contributed by atoms with Crippen molar-refractivity contribution in [3.63, 3.8) is 0 Å². The number of ketones is 1. The monoisotopic (exact) mass is 480 g/mol. The van der Waals surface area contributed by atoms with Crippen molar-refractivity contribution in [2.24, 2.45) is 0 Å². The van der Waals surface area contributed by atoms with Gasteiger partial charge in [0, 0.05) is 35.4 Å². The van der Waals surface area contributed by atoms with Gasteiger partial charge in [0.15, 0.2) is 5.78 Å². The zero-order valence-corrected chi connectivity index (χ0v) is 18.5. The number of aromatic hydroxyl groups is 1. The molecule has 0 radical (unpaired) electrons. The van der Waals surface area contributed by atoms with Crippen molar-refractivity contribution in [2.75, 3.05) is 18.8 Å². The van der Waals surface area contributed by atoms with E-state index in [1.807, 2.05) is 0 Å². The fourth-order valence-corrected chi connectivity index (χ4v) is 3.77. The van der Waals surface area contributed by atoms with E-state index in [0.717, 1.165) is 0 Å². The number of carbonyl (C=O) groups is 3. The number of phenols is 1. The fraction of sp³-hybridized carbons (Fsp3) is 0.174. The van der Waals surface area contributed by atoms with Crippen LogP contribution in [0.15, 0.2) is 54.7 Å². The summed E-state index contributed by atoms with van der Waals surface area (Å²) < 4.78 is 0. The second-order valence-corrected chi connectivity index (χ2v) is 8.12. The first-order chi connectivity index (χ1) is 16.3. The van der Waals surface area contributed by atoms with Crippen LogP contribution in [-0.4, -0.2) is 57.8 Å². The van der Waals surface area contributed by atoms with Crippen LogP contribution in [0.4, 0.5) is 5.95 Å². The number of nitrogens with one attached hydrogen (secondary N) is 3. The number of carbonyl (C=O) groups excluding carboxylic acids is 3. The maximum atomic E-state index is 12.8. The van der Waals surface area contributed by atoms with Gasteiger partial charge in [-0.2, -0.15) is 0 Å². The Kier molecular flexibility index (Phi) is 6.71. The van der Waals surface area contributed by atoms with Gasteiger partial charge in [-0.05, 0) is 36.4 Å². The van der Waals surface area contributed by atoms with E-state index < -0.39 is 11.7 Å². The molecule has 2 heterocycles. The van der Waals surface area contributed by atoms with E-state index in [1.54, 1.807) is 0 Å². The first-order valence-electron chi connectivity index (χ1n) is 10.4. The topological polar surface area (TPSA) is 159 Å². The highest BCUT2D eigenvalue weighted by Crippen LogP contribution is 2.24. The van der Waals surface area contributed by atoms with E-state index in [9.17, 15) is 19.5 Å². The SMILES string of the molecule is Nc1nccc(C(=O)N[C@@H]2CNCC2NC(=O)c2ccc(C(=O)c3cc(Cl)ccc3O)cc2)n1.